The van der Waals surface area contributed by atoms with E-state index in [9.17, 15) is 15.2 Å². The maximum absolute atomic E-state index is 13.0. The molecule has 0 amide bonds. The number of carbonyl (C=O) groups excluding carboxylic acids is 1. The number of rotatable bonds is 11. The number of aliphatic hydroxyl groups is 1. The lowest BCUT2D eigenvalue weighted by atomic mass is 10.0. The Morgan fingerprint density at radius 3 is 2.77 bits per heavy atom. The number of pyridine rings is 2. The minimum atomic E-state index is -0.391. The van der Waals surface area contributed by atoms with Gasteiger partial charge in [0, 0.05) is 54.1 Å². The van der Waals surface area contributed by atoms with Gasteiger partial charge in [0.1, 0.15) is 24.2 Å². The van der Waals surface area contributed by atoms with Gasteiger partial charge >= 0.3 is 0 Å². The quantitative estimate of drug-likeness (QED) is 0.213. The fraction of sp³-hybridized carbons (Fsp3) is 0.273. The smallest absolute Gasteiger partial charge is 0.159 e. The Labute approximate surface area is 255 Å². The average molecular weight is 598 g/mol. The molecule has 9 nitrogen and oxygen atoms in total. The molecule has 220 valence electrons. The van der Waals surface area contributed by atoms with E-state index in [1.54, 1.807) is 30.5 Å². The van der Waals surface area contributed by atoms with Crippen molar-refractivity contribution in [1.82, 2.24) is 14.9 Å². The van der Waals surface area contributed by atoms with Crippen molar-refractivity contribution in [1.29, 1.82) is 5.26 Å². The molecule has 2 aromatic carbocycles. The molecule has 2 N–H and O–H groups in total. The summed E-state index contributed by atoms with van der Waals surface area (Å²) in [6, 6.07) is 16.8. The Morgan fingerprint density at radius 2 is 2.07 bits per heavy atom. The zero-order valence-electron chi connectivity index (χ0n) is 24.0. The third-order valence-corrected chi connectivity index (χ3v) is 7.52. The van der Waals surface area contributed by atoms with Crippen molar-refractivity contribution >= 4 is 39.7 Å². The van der Waals surface area contributed by atoms with E-state index in [4.69, 9.17) is 21.1 Å². The van der Waals surface area contributed by atoms with Crippen LogP contribution >= 0.6 is 11.6 Å². The molecule has 1 fully saturated rings. The highest BCUT2D eigenvalue weighted by molar-refractivity contribution is 6.32. The van der Waals surface area contributed by atoms with Crippen molar-refractivity contribution in [3.8, 4) is 17.6 Å². The van der Waals surface area contributed by atoms with Crippen LogP contribution in [0.15, 0.2) is 73.1 Å². The van der Waals surface area contributed by atoms with E-state index in [-0.39, 0.29) is 24.9 Å². The van der Waals surface area contributed by atoms with Gasteiger partial charge in [-0.3, -0.25) is 19.7 Å². The molecule has 1 saturated heterocycles. The first-order valence-electron chi connectivity index (χ1n) is 14.0. The number of benzene rings is 2. The van der Waals surface area contributed by atoms with Crippen LogP contribution in [0.1, 0.15) is 30.2 Å². The van der Waals surface area contributed by atoms with Crippen LogP contribution in [-0.2, 0) is 17.8 Å². The van der Waals surface area contributed by atoms with Crippen LogP contribution in [0, 0.1) is 11.3 Å². The number of β-amino-alcohol motifs (C(OH)–C–C–N with tert-alkyl or cyclic N) is 1. The van der Waals surface area contributed by atoms with Gasteiger partial charge in [0.2, 0.25) is 0 Å². The Kier molecular flexibility index (Phi) is 9.52. The first kappa shape index (κ1) is 30.0. The second kappa shape index (κ2) is 13.7. The maximum atomic E-state index is 13.0. The molecule has 2 aromatic heterocycles. The third-order valence-electron chi connectivity index (χ3n) is 7.22. The van der Waals surface area contributed by atoms with Gasteiger partial charge in [-0.25, -0.2) is 0 Å². The highest BCUT2D eigenvalue weighted by atomic mass is 35.5. The van der Waals surface area contributed by atoms with Crippen LogP contribution in [0.5, 0.6) is 11.5 Å². The molecular formula is C33H32ClN5O4. The number of likely N-dealkylation sites (N-methyl/N-ethyl adjacent to an activating group) is 1. The predicted molar refractivity (Wildman–Crippen MR) is 166 cm³/mol. The SMILES string of the molecule is CCOc1cc2ncc(C#N)c(Nc3ccc(OCc4ccccn4)c(Cl)c3)c2cc1CC(=O)/C=C/[C@@H]1C[C@@H](O)CN1C. The van der Waals surface area contributed by atoms with E-state index >= 15 is 0 Å². The first-order valence-corrected chi connectivity index (χ1v) is 14.4. The molecule has 1 aliphatic heterocycles. The largest absolute Gasteiger partial charge is 0.494 e. The van der Waals surface area contributed by atoms with Gasteiger partial charge in [-0.2, -0.15) is 5.26 Å². The topological polar surface area (TPSA) is 121 Å². The lowest BCUT2D eigenvalue weighted by Crippen LogP contribution is -2.23. The van der Waals surface area contributed by atoms with Gasteiger partial charge in [-0.1, -0.05) is 23.7 Å². The Balaban J connectivity index is 1.41. The van der Waals surface area contributed by atoms with Gasteiger partial charge in [0.05, 0.1) is 40.2 Å². The average Bonchev–Trinajstić information content (AvgIpc) is 3.33. The zero-order valence-corrected chi connectivity index (χ0v) is 24.7. The van der Waals surface area contributed by atoms with E-state index in [0.29, 0.717) is 69.5 Å². The molecular weight excluding hydrogens is 566 g/mol. The van der Waals surface area contributed by atoms with Gasteiger partial charge < -0.3 is 19.9 Å². The number of anilines is 2. The summed E-state index contributed by atoms with van der Waals surface area (Å²) in [6.45, 7) is 3.16. The summed E-state index contributed by atoms with van der Waals surface area (Å²) < 4.78 is 11.7. The number of ketones is 1. The summed E-state index contributed by atoms with van der Waals surface area (Å²) in [6.07, 6.45) is 6.93. The number of hydrogen-bond acceptors (Lipinski definition) is 9. The first-order chi connectivity index (χ1) is 20.8. The molecule has 0 radical (unpaired) electrons. The maximum Gasteiger partial charge on any atom is 0.159 e. The van der Waals surface area contributed by atoms with Crippen molar-refractivity contribution in [2.75, 3.05) is 25.5 Å². The van der Waals surface area contributed by atoms with Crippen LogP contribution in [-0.4, -0.2) is 58.1 Å². The van der Waals surface area contributed by atoms with Crippen molar-refractivity contribution in [3.63, 3.8) is 0 Å². The summed E-state index contributed by atoms with van der Waals surface area (Å²) in [7, 11) is 1.93. The van der Waals surface area contributed by atoms with Crippen LogP contribution in [0.2, 0.25) is 5.02 Å². The fourth-order valence-electron chi connectivity index (χ4n) is 5.08. The molecule has 3 heterocycles. The molecule has 5 rings (SSSR count). The van der Waals surface area contributed by atoms with Gasteiger partial charge in [-0.15, -0.1) is 0 Å². The van der Waals surface area contributed by atoms with E-state index in [1.165, 1.54) is 6.20 Å². The van der Waals surface area contributed by atoms with Crippen LogP contribution < -0.4 is 14.8 Å². The second-order valence-electron chi connectivity index (χ2n) is 10.3. The number of hydrogen-bond donors (Lipinski definition) is 2. The molecule has 0 unspecified atom stereocenters. The summed E-state index contributed by atoms with van der Waals surface area (Å²) in [5.74, 6) is 0.972. The number of likely N-dealkylation sites (tertiary alicyclic amines) is 1. The monoisotopic (exact) mass is 597 g/mol. The van der Waals surface area contributed by atoms with Crippen molar-refractivity contribution < 1.29 is 19.4 Å². The normalized spacial score (nSPS) is 16.8. The molecule has 1 aliphatic rings. The Hall–Kier alpha value is -4.49. The van der Waals surface area contributed by atoms with Gasteiger partial charge in [-0.05, 0) is 62.9 Å². The van der Waals surface area contributed by atoms with Gasteiger partial charge in [0.15, 0.2) is 5.78 Å². The summed E-state index contributed by atoms with van der Waals surface area (Å²) in [5, 5.41) is 24.2. The lowest BCUT2D eigenvalue weighted by molar-refractivity contribution is -0.114. The van der Waals surface area contributed by atoms with E-state index in [1.807, 2.05) is 55.3 Å². The third kappa shape index (κ3) is 7.30. The molecule has 0 bridgehead atoms. The van der Waals surface area contributed by atoms with Crippen molar-refractivity contribution in [2.45, 2.75) is 38.5 Å². The lowest BCUT2D eigenvalue weighted by Gasteiger charge is -2.16. The number of aromatic nitrogens is 2. The molecule has 0 spiro atoms. The number of aliphatic hydroxyl groups excluding tert-OH is 1. The van der Waals surface area contributed by atoms with E-state index in [2.05, 4.69) is 21.4 Å². The van der Waals surface area contributed by atoms with Crippen LogP contribution in [0.25, 0.3) is 10.9 Å². The number of halogens is 1. The molecule has 43 heavy (non-hydrogen) atoms. The zero-order chi connectivity index (χ0) is 30.3. The highest BCUT2D eigenvalue weighted by Crippen LogP contribution is 2.36. The molecule has 0 aliphatic carbocycles. The van der Waals surface area contributed by atoms with Crippen molar-refractivity contribution in [3.05, 3.63) is 94.9 Å². The standard InChI is InChI=1S/C33H32ClN5O4/c1-3-42-32-16-30-28(13-21(32)12-26(40)9-8-25-15-27(41)19-39(25)2)33(22(17-35)18-37-30)38-23-7-10-31(29(34)14-23)43-20-24-6-4-5-11-36-24/h4-11,13-14,16,18,25,27,41H,3,12,15,19-20H2,1-2H3,(H,37,38)/b9-8+/t25-,27-/m1/s1. The minimum Gasteiger partial charge on any atom is -0.494 e. The van der Waals surface area contributed by atoms with Crippen LogP contribution in [0.4, 0.5) is 11.4 Å². The number of carbonyl (C=O) groups is 1. The number of ether oxygens (including phenoxy) is 2. The number of fused-ring (bicyclic) bond motifs is 1. The summed E-state index contributed by atoms with van der Waals surface area (Å²) >= 11 is 6.55. The fourth-order valence-corrected chi connectivity index (χ4v) is 5.31. The molecule has 2 atom stereocenters. The van der Waals surface area contributed by atoms with E-state index in [0.717, 1.165) is 5.69 Å². The number of nitrogens with one attached hydrogen (secondary N) is 1. The molecule has 0 saturated carbocycles. The Bertz CT molecular complexity index is 1690. The van der Waals surface area contributed by atoms with Gasteiger partial charge in [0.25, 0.3) is 0 Å². The minimum absolute atomic E-state index is 0.0127. The summed E-state index contributed by atoms with van der Waals surface area (Å²) in [4.78, 5) is 23.8. The molecule has 10 heteroatoms. The highest BCUT2D eigenvalue weighted by Gasteiger charge is 2.26. The molecule has 4 aromatic rings. The van der Waals surface area contributed by atoms with Crippen molar-refractivity contribution in [2.24, 2.45) is 0 Å². The predicted octanol–water partition coefficient (Wildman–Crippen LogP) is 5.61. The Morgan fingerprint density at radius 1 is 1.21 bits per heavy atom. The number of allylic oxidation sites excluding steroid dienone is 1. The van der Waals surface area contributed by atoms with E-state index < -0.39 is 6.10 Å². The van der Waals surface area contributed by atoms with Crippen LogP contribution in [0.3, 0.4) is 0 Å². The number of nitriles is 1. The second-order valence-corrected chi connectivity index (χ2v) is 10.8. The number of nitrogens with zero attached hydrogens (tertiary/aromatic N) is 4. The summed E-state index contributed by atoms with van der Waals surface area (Å²) in [5.41, 5.74) is 3.60.